The van der Waals surface area contributed by atoms with Gasteiger partial charge in [0.05, 0.1) is 13.2 Å². The molecule has 1 aliphatic heterocycles. The van der Waals surface area contributed by atoms with E-state index in [0.29, 0.717) is 39.9 Å². The molecule has 0 radical (unpaired) electrons. The van der Waals surface area contributed by atoms with Crippen molar-refractivity contribution in [2.75, 3.05) is 34.0 Å². The predicted octanol–water partition coefficient (Wildman–Crippen LogP) is 4.32. The average molecular weight is 537 g/mol. The minimum atomic E-state index is -1.39. The fourth-order valence-corrected chi connectivity index (χ4v) is 4.33. The number of methoxy groups -OCH3 is 2. The molecule has 36 heavy (non-hydrogen) atoms. The first kappa shape index (κ1) is 28.0. The van der Waals surface area contributed by atoms with Gasteiger partial charge in [-0.2, -0.15) is 0 Å². The first-order chi connectivity index (χ1) is 17.4. The number of benzene rings is 2. The van der Waals surface area contributed by atoms with Crippen LogP contribution >= 0.6 is 23.2 Å². The molecule has 0 unspecified atom stereocenters. The average Bonchev–Trinajstić information content (AvgIpc) is 3.25. The molecule has 0 saturated carbocycles. The summed E-state index contributed by atoms with van der Waals surface area (Å²) in [6.45, 7) is 4.41. The van der Waals surface area contributed by atoms with Crippen LogP contribution in [0.15, 0.2) is 60.1 Å². The minimum absolute atomic E-state index is 0.0559. The van der Waals surface area contributed by atoms with E-state index in [0.717, 1.165) is 0 Å². The van der Waals surface area contributed by atoms with Gasteiger partial charge in [-0.25, -0.2) is 4.99 Å². The Labute approximate surface area is 220 Å². The van der Waals surface area contributed by atoms with E-state index in [9.17, 15) is 4.79 Å². The van der Waals surface area contributed by atoms with E-state index in [1.807, 2.05) is 0 Å². The van der Waals surface area contributed by atoms with Crippen molar-refractivity contribution in [3.8, 4) is 5.75 Å². The lowest BCUT2D eigenvalue weighted by molar-refractivity contribution is -0.134. The lowest BCUT2D eigenvalue weighted by atomic mass is 9.84. The molecule has 3 rings (SSSR count). The van der Waals surface area contributed by atoms with Gasteiger partial charge in [0.2, 0.25) is 5.90 Å². The number of aliphatic hydroxyl groups is 1. The van der Waals surface area contributed by atoms with Crippen LogP contribution in [0, 0.1) is 0 Å². The molecule has 0 aromatic heterocycles. The molecule has 0 bridgehead atoms. The van der Waals surface area contributed by atoms with E-state index in [-0.39, 0.29) is 25.5 Å². The Balaban J connectivity index is 1.99. The Morgan fingerprint density at radius 3 is 2.58 bits per heavy atom. The highest BCUT2D eigenvalue weighted by Gasteiger charge is 2.53. The number of aliphatic imine (C=N–C) groups is 1. The second kappa shape index (κ2) is 13.1. The Kier molecular flexibility index (Phi) is 10.2. The third kappa shape index (κ3) is 6.38. The maximum Gasteiger partial charge on any atom is 0.252 e. The van der Waals surface area contributed by atoms with Crippen LogP contribution in [0.25, 0.3) is 0 Å². The van der Waals surface area contributed by atoms with Gasteiger partial charge in [-0.1, -0.05) is 35.3 Å². The molecule has 1 amide bonds. The van der Waals surface area contributed by atoms with Gasteiger partial charge in [0, 0.05) is 54.8 Å². The van der Waals surface area contributed by atoms with Crippen LogP contribution < -0.4 is 10.1 Å². The Bertz CT molecular complexity index is 1070. The molecule has 10 heteroatoms. The van der Waals surface area contributed by atoms with Crippen molar-refractivity contribution in [3.05, 3.63) is 76.3 Å². The minimum Gasteiger partial charge on any atom is -0.494 e. The third-order valence-electron chi connectivity index (χ3n) is 5.69. The van der Waals surface area contributed by atoms with Crippen LogP contribution in [0.2, 0.25) is 10.0 Å². The zero-order valence-electron chi connectivity index (χ0n) is 20.2. The van der Waals surface area contributed by atoms with E-state index in [1.165, 1.54) is 14.2 Å². The van der Waals surface area contributed by atoms with Crippen LogP contribution in [0.4, 0.5) is 0 Å². The summed E-state index contributed by atoms with van der Waals surface area (Å²) in [6, 6.07) is 12.1. The standard InChI is InChI=1S/C26H30Cl2N2O6/c1-4-12-26(25(32)29-16-22(33-2)34-3)23(20-11-8-18(27)15-21(20)28)36-24(30-26)17-6-9-19(10-7-17)35-14-5-13-31/h4,6-11,15,22-23,31H,1,5,12-14,16H2,2-3H3,(H,29,32)/t23-,26-/m1/s1. The number of ether oxygens (including phenoxy) is 4. The molecule has 2 aromatic carbocycles. The number of amides is 1. The second-order valence-electron chi connectivity index (χ2n) is 8.06. The SMILES string of the molecule is C=CC[C@@]1(C(=O)NCC(OC)OC)N=C(c2ccc(OCCCO)cc2)O[C@@H]1c1ccc(Cl)cc1Cl. The molecule has 8 nitrogen and oxygen atoms in total. The molecule has 0 aliphatic carbocycles. The lowest BCUT2D eigenvalue weighted by Gasteiger charge is -2.30. The van der Waals surface area contributed by atoms with E-state index in [2.05, 4.69) is 11.9 Å². The second-order valence-corrected chi connectivity index (χ2v) is 8.90. The fraction of sp³-hybridized carbons (Fsp3) is 0.385. The summed E-state index contributed by atoms with van der Waals surface area (Å²) < 4.78 is 22.3. The van der Waals surface area contributed by atoms with Gasteiger partial charge in [-0.3, -0.25) is 4.79 Å². The number of nitrogens with zero attached hydrogens (tertiary/aromatic N) is 1. The number of aliphatic hydroxyl groups excluding tert-OH is 1. The quantitative estimate of drug-likeness (QED) is 0.224. The number of rotatable bonds is 13. The number of carbonyl (C=O) groups is 1. The summed E-state index contributed by atoms with van der Waals surface area (Å²) in [4.78, 5) is 18.5. The molecular formula is C26H30Cl2N2O6. The van der Waals surface area contributed by atoms with Crippen molar-refractivity contribution in [3.63, 3.8) is 0 Å². The van der Waals surface area contributed by atoms with Crippen LogP contribution in [0.1, 0.15) is 30.1 Å². The van der Waals surface area contributed by atoms with Crippen LogP contribution in [-0.2, 0) is 19.0 Å². The predicted molar refractivity (Wildman–Crippen MR) is 139 cm³/mol. The van der Waals surface area contributed by atoms with Crippen LogP contribution in [-0.4, -0.2) is 62.7 Å². The highest BCUT2D eigenvalue weighted by Crippen LogP contribution is 2.45. The van der Waals surface area contributed by atoms with Crippen molar-refractivity contribution in [2.24, 2.45) is 4.99 Å². The highest BCUT2D eigenvalue weighted by atomic mass is 35.5. The molecule has 0 fully saturated rings. The highest BCUT2D eigenvalue weighted by molar-refractivity contribution is 6.35. The molecule has 194 valence electrons. The summed E-state index contributed by atoms with van der Waals surface area (Å²) in [5.74, 6) is 0.528. The monoisotopic (exact) mass is 536 g/mol. The molecule has 2 N–H and O–H groups in total. The van der Waals surface area contributed by atoms with E-state index < -0.39 is 23.8 Å². The molecule has 2 atom stereocenters. The topological polar surface area (TPSA) is 98.6 Å². The maximum atomic E-state index is 13.7. The first-order valence-corrected chi connectivity index (χ1v) is 12.1. The van der Waals surface area contributed by atoms with Gasteiger partial charge >= 0.3 is 0 Å². The molecule has 1 heterocycles. The van der Waals surface area contributed by atoms with Gasteiger partial charge < -0.3 is 29.4 Å². The zero-order valence-corrected chi connectivity index (χ0v) is 21.7. The summed E-state index contributed by atoms with van der Waals surface area (Å²) in [5.41, 5.74) is -0.169. The Morgan fingerprint density at radius 1 is 1.25 bits per heavy atom. The number of hydrogen-bond donors (Lipinski definition) is 2. The zero-order chi connectivity index (χ0) is 26.1. The van der Waals surface area contributed by atoms with Crippen molar-refractivity contribution >= 4 is 35.0 Å². The van der Waals surface area contributed by atoms with Gasteiger partial charge in [-0.05, 0) is 36.4 Å². The summed E-state index contributed by atoms with van der Waals surface area (Å²) in [7, 11) is 2.98. The number of hydrogen-bond acceptors (Lipinski definition) is 7. The normalized spacial score (nSPS) is 19.1. The smallest absolute Gasteiger partial charge is 0.252 e. The van der Waals surface area contributed by atoms with Crippen molar-refractivity contribution in [1.82, 2.24) is 5.32 Å². The van der Waals surface area contributed by atoms with E-state index in [1.54, 1.807) is 48.5 Å². The number of carbonyl (C=O) groups excluding carboxylic acids is 1. The van der Waals surface area contributed by atoms with Crippen molar-refractivity contribution in [1.29, 1.82) is 0 Å². The third-order valence-corrected chi connectivity index (χ3v) is 6.25. The van der Waals surface area contributed by atoms with Gasteiger partial charge in [-0.15, -0.1) is 6.58 Å². The van der Waals surface area contributed by atoms with Crippen molar-refractivity contribution < 1.29 is 28.8 Å². The molecule has 0 saturated heterocycles. The fourth-order valence-electron chi connectivity index (χ4n) is 3.82. The first-order valence-electron chi connectivity index (χ1n) is 11.4. The van der Waals surface area contributed by atoms with Crippen LogP contribution in [0.5, 0.6) is 5.75 Å². The Hall–Kier alpha value is -2.62. The van der Waals surface area contributed by atoms with Gasteiger partial charge in [0.15, 0.2) is 17.9 Å². The summed E-state index contributed by atoms with van der Waals surface area (Å²) >= 11 is 12.7. The van der Waals surface area contributed by atoms with Gasteiger partial charge in [0.1, 0.15) is 5.75 Å². The number of halogens is 2. The lowest BCUT2D eigenvalue weighted by Crippen LogP contribution is -2.50. The van der Waals surface area contributed by atoms with E-state index >= 15 is 0 Å². The number of nitrogens with one attached hydrogen (secondary N) is 1. The maximum absolute atomic E-state index is 13.7. The molecule has 2 aromatic rings. The molecule has 1 aliphatic rings. The molecule has 0 spiro atoms. The van der Waals surface area contributed by atoms with Crippen LogP contribution in [0.3, 0.4) is 0 Å². The van der Waals surface area contributed by atoms with Gasteiger partial charge in [0.25, 0.3) is 5.91 Å². The molecular weight excluding hydrogens is 507 g/mol. The summed E-state index contributed by atoms with van der Waals surface area (Å²) in [6.07, 6.45) is 0.858. The Morgan fingerprint density at radius 2 is 1.97 bits per heavy atom. The largest absolute Gasteiger partial charge is 0.494 e. The van der Waals surface area contributed by atoms with Crippen molar-refractivity contribution in [2.45, 2.75) is 30.8 Å². The van der Waals surface area contributed by atoms with E-state index in [4.69, 9.17) is 52.2 Å². The summed E-state index contributed by atoms with van der Waals surface area (Å²) in [5, 5.41) is 12.6.